The number of rotatable bonds is 1. The van der Waals surface area contributed by atoms with Crippen molar-refractivity contribution in [2.45, 2.75) is 65.4 Å². The van der Waals surface area contributed by atoms with Crippen molar-refractivity contribution in [3.8, 4) is 0 Å². The molecule has 0 amide bonds. The number of carbonyl (C=O) groups is 2. The fourth-order valence-electron chi connectivity index (χ4n) is 4.93. The summed E-state index contributed by atoms with van der Waals surface area (Å²) in [6, 6.07) is 0. The van der Waals surface area contributed by atoms with Gasteiger partial charge in [-0.2, -0.15) is 0 Å². The maximum absolute atomic E-state index is 12.5. The number of carbonyl (C=O) groups excluding carboxylic acids is 2. The molecule has 0 aromatic heterocycles. The summed E-state index contributed by atoms with van der Waals surface area (Å²) in [5.41, 5.74) is 1.58. The minimum Gasteiger partial charge on any atom is -0.462 e. The third kappa shape index (κ3) is 2.45. The van der Waals surface area contributed by atoms with E-state index in [0.717, 1.165) is 32.1 Å². The first-order valence-corrected chi connectivity index (χ1v) is 8.32. The Bertz CT molecular complexity index is 493. The van der Waals surface area contributed by atoms with Crippen molar-refractivity contribution < 1.29 is 14.3 Å². The molecule has 0 N–H and O–H groups in total. The van der Waals surface area contributed by atoms with Crippen molar-refractivity contribution in [3.63, 3.8) is 0 Å². The number of Topliss-reactive ketones (excluding diaryl/α,β-unsaturated/α-hetero) is 1. The van der Waals surface area contributed by atoms with E-state index in [4.69, 9.17) is 4.74 Å². The molecule has 0 saturated heterocycles. The van der Waals surface area contributed by atoms with Crippen molar-refractivity contribution in [2.75, 3.05) is 0 Å². The van der Waals surface area contributed by atoms with Crippen LogP contribution < -0.4 is 0 Å². The first-order valence-electron chi connectivity index (χ1n) is 8.32. The predicted octanol–water partition coefficient (Wildman–Crippen LogP) is 3.67. The molecule has 0 heterocycles. The monoisotopic (exact) mass is 290 g/mol. The van der Waals surface area contributed by atoms with Crippen LogP contribution in [0.15, 0.2) is 11.6 Å². The summed E-state index contributed by atoms with van der Waals surface area (Å²) < 4.78 is 5.41. The lowest BCUT2D eigenvalue weighted by atomic mass is 9.52. The number of hydrogen-bond donors (Lipinski definition) is 0. The molecule has 3 heteroatoms. The lowest BCUT2D eigenvalue weighted by Gasteiger charge is -2.52. The van der Waals surface area contributed by atoms with Crippen LogP contribution >= 0.6 is 0 Å². The second kappa shape index (κ2) is 5.26. The second-order valence-electron chi connectivity index (χ2n) is 7.45. The molecule has 2 fully saturated rings. The number of allylic oxidation sites excluding steroid dienone is 1. The van der Waals surface area contributed by atoms with Crippen molar-refractivity contribution in [1.82, 2.24) is 0 Å². The Kier molecular flexibility index (Phi) is 3.71. The quantitative estimate of drug-likeness (QED) is 0.546. The predicted molar refractivity (Wildman–Crippen MR) is 80.6 cm³/mol. The van der Waals surface area contributed by atoms with Gasteiger partial charge in [-0.05, 0) is 43.4 Å². The molecule has 0 aliphatic heterocycles. The third-order valence-electron chi connectivity index (χ3n) is 6.18. The molecule has 21 heavy (non-hydrogen) atoms. The highest BCUT2D eigenvalue weighted by molar-refractivity contribution is 5.84. The number of hydrogen-bond acceptors (Lipinski definition) is 3. The highest BCUT2D eigenvalue weighted by atomic mass is 16.5. The van der Waals surface area contributed by atoms with E-state index >= 15 is 0 Å². The molecule has 0 bridgehead atoms. The van der Waals surface area contributed by atoms with Gasteiger partial charge in [0, 0.05) is 25.2 Å². The third-order valence-corrected chi connectivity index (χ3v) is 6.18. The van der Waals surface area contributed by atoms with E-state index in [9.17, 15) is 9.59 Å². The van der Waals surface area contributed by atoms with Crippen LogP contribution in [0.4, 0.5) is 0 Å². The minimum atomic E-state index is -0.181. The largest absolute Gasteiger partial charge is 0.462 e. The van der Waals surface area contributed by atoms with Gasteiger partial charge in [-0.25, -0.2) is 0 Å². The van der Waals surface area contributed by atoms with Crippen LogP contribution in [0, 0.1) is 23.2 Å². The molecule has 2 saturated carbocycles. The van der Waals surface area contributed by atoms with Gasteiger partial charge >= 0.3 is 5.97 Å². The van der Waals surface area contributed by atoms with Gasteiger partial charge in [0.1, 0.15) is 11.9 Å². The van der Waals surface area contributed by atoms with E-state index in [0.29, 0.717) is 11.7 Å². The zero-order valence-corrected chi connectivity index (χ0v) is 13.4. The Morgan fingerprint density at radius 1 is 1.33 bits per heavy atom. The minimum absolute atomic E-state index is 0.0385. The number of esters is 1. The van der Waals surface area contributed by atoms with E-state index in [1.165, 1.54) is 18.9 Å². The second-order valence-corrected chi connectivity index (χ2v) is 7.45. The van der Waals surface area contributed by atoms with Crippen molar-refractivity contribution >= 4 is 11.8 Å². The maximum atomic E-state index is 12.5. The molecule has 3 aliphatic rings. The van der Waals surface area contributed by atoms with E-state index in [-0.39, 0.29) is 29.3 Å². The molecule has 0 radical (unpaired) electrons. The summed E-state index contributed by atoms with van der Waals surface area (Å²) in [6.45, 7) is 5.90. The smallest absolute Gasteiger partial charge is 0.302 e. The maximum Gasteiger partial charge on any atom is 0.302 e. The Labute approximate surface area is 127 Å². The van der Waals surface area contributed by atoms with Crippen molar-refractivity contribution in [1.29, 1.82) is 0 Å². The van der Waals surface area contributed by atoms with Gasteiger partial charge in [0.15, 0.2) is 0 Å². The average molecular weight is 290 g/mol. The van der Waals surface area contributed by atoms with E-state index in [1.807, 2.05) is 0 Å². The summed E-state index contributed by atoms with van der Waals surface area (Å²) >= 11 is 0. The standard InChI is InChI=1S/C18H26O3/c1-11-4-7-16-15(17(11)20)6-5-13-10-14(21-12(2)19)8-9-18(13,16)3/h5,11,14-16H,4,6-10H2,1-3H3/t11-,14-,15+,16-,18-/m0/s1. The van der Waals surface area contributed by atoms with Crippen molar-refractivity contribution in [2.24, 2.45) is 23.2 Å². The van der Waals surface area contributed by atoms with Gasteiger partial charge in [-0.3, -0.25) is 9.59 Å². The van der Waals surface area contributed by atoms with Gasteiger partial charge in [-0.1, -0.05) is 25.5 Å². The lowest BCUT2D eigenvalue weighted by Crippen LogP contribution is -2.48. The lowest BCUT2D eigenvalue weighted by molar-refractivity contribution is -0.148. The normalized spacial score (nSPS) is 42.6. The topological polar surface area (TPSA) is 43.4 Å². The molecule has 3 nitrogen and oxygen atoms in total. The zero-order valence-electron chi connectivity index (χ0n) is 13.4. The summed E-state index contributed by atoms with van der Waals surface area (Å²) in [5.74, 6) is 1.26. The Balaban J connectivity index is 1.82. The van der Waals surface area contributed by atoms with Crippen LogP contribution in [-0.4, -0.2) is 17.9 Å². The first-order chi connectivity index (χ1) is 9.91. The highest BCUT2D eigenvalue weighted by Crippen LogP contribution is 2.56. The van der Waals surface area contributed by atoms with E-state index in [2.05, 4.69) is 19.9 Å². The SMILES string of the molecule is CC(=O)O[C@H]1CC[C@@]2(C)C(=CC[C@H]3C(=O)[C@@H](C)CC[C@@H]32)C1. The Morgan fingerprint density at radius 2 is 2.10 bits per heavy atom. The molecule has 0 aromatic rings. The van der Waals surface area contributed by atoms with E-state index < -0.39 is 0 Å². The summed E-state index contributed by atoms with van der Waals surface area (Å²) in [4.78, 5) is 23.7. The fraction of sp³-hybridized carbons (Fsp3) is 0.778. The Morgan fingerprint density at radius 3 is 2.81 bits per heavy atom. The number of fused-ring (bicyclic) bond motifs is 3. The van der Waals surface area contributed by atoms with Gasteiger partial charge in [0.25, 0.3) is 0 Å². The molecule has 3 aliphatic carbocycles. The Hall–Kier alpha value is -1.12. The summed E-state index contributed by atoms with van der Waals surface area (Å²) in [6.07, 6.45) is 8.26. The van der Waals surface area contributed by atoms with E-state index in [1.54, 1.807) is 0 Å². The fourth-order valence-corrected chi connectivity index (χ4v) is 4.93. The number of ketones is 1. The molecule has 0 unspecified atom stereocenters. The summed E-state index contributed by atoms with van der Waals surface area (Å²) in [5, 5.41) is 0. The average Bonchev–Trinajstić information content (AvgIpc) is 2.42. The van der Waals surface area contributed by atoms with Crippen LogP contribution in [-0.2, 0) is 14.3 Å². The molecule has 3 rings (SSSR count). The summed E-state index contributed by atoms with van der Waals surface area (Å²) in [7, 11) is 0. The van der Waals surface area contributed by atoms with Crippen LogP contribution in [0.1, 0.15) is 59.3 Å². The first kappa shape index (κ1) is 14.8. The molecule has 0 spiro atoms. The van der Waals surface area contributed by atoms with Gasteiger partial charge in [0.05, 0.1) is 0 Å². The molecular formula is C18H26O3. The molecule has 5 atom stereocenters. The van der Waals surface area contributed by atoms with Crippen LogP contribution in [0.3, 0.4) is 0 Å². The van der Waals surface area contributed by atoms with Gasteiger partial charge < -0.3 is 4.74 Å². The molecule has 116 valence electrons. The van der Waals surface area contributed by atoms with Gasteiger partial charge in [0.2, 0.25) is 0 Å². The molecule has 0 aromatic carbocycles. The number of ether oxygens (including phenoxy) is 1. The highest BCUT2D eigenvalue weighted by Gasteiger charge is 2.51. The van der Waals surface area contributed by atoms with Crippen molar-refractivity contribution in [3.05, 3.63) is 11.6 Å². The van der Waals surface area contributed by atoms with Gasteiger partial charge in [-0.15, -0.1) is 0 Å². The van der Waals surface area contributed by atoms with Crippen LogP contribution in [0.5, 0.6) is 0 Å². The molecular weight excluding hydrogens is 264 g/mol. The van der Waals surface area contributed by atoms with Crippen LogP contribution in [0.2, 0.25) is 0 Å². The van der Waals surface area contributed by atoms with Crippen LogP contribution in [0.25, 0.3) is 0 Å². The zero-order chi connectivity index (χ0) is 15.2.